The first-order valence-electron chi connectivity index (χ1n) is 4.63. The van der Waals surface area contributed by atoms with Gasteiger partial charge in [-0.1, -0.05) is 25.0 Å². The predicted molar refractivity (Wildman–Crippen MR) is 49.7 cm³/mol. The number of nitrogens with one attached hydrogen (secondary N) is 1. The lowest BCUT2D eigenvalue weighted by molar-refractivity contribution is 0.382. The average molecular weight is 153 g/mol. The lowest BCUT2D eigenvalue weighted by Gasteiger charge is -2.24. The molecule has 1 aliphatic carbocycles. The molecule has 64 valence electrons. The first-order valence-corrected chi connectivity index (χ1v) is 4.63. The van der Waals surface area contributed by atoms with Crippen molar-refractivity contribution in [3.8, 4) is 0 Å². The Hall–Kier alpha value is -0.300. The standard InChI is InChI=1S/C10H19N/c1-3-4-9-11-10(2)7-5-6-8-10/h3-4,11H,5-9H2,1-2H3/b4-3+. The molecule has 1 saturated carbocycles. The van der Waals surface area contributed by atoms with Crippen LogP contribution < -0.4 is 5.32 Å². The highest BCUT2D eigenvalue weighted by molar-refractivity contribution is 4.91. The average Bonchev–Trinajstić information content (AvgIpc) is 2.38. The molecule has 0 heterocycles. The zero-order valence-electron chi connectivity index (χ0n) is 7.69. The van der Waals surface area contributed by atoms with Gasteiger partial charge in [-0.3, -0.25) is 0 Å². The van der Waals surface area contributed by atoms with Crippen LogP contribution in [0.15, 0.2) is 12.2 Å². The van der Waals surface area contributed by atoms with Crippen molar-refractivity contribution < 1.29 is 0 Å². The van der Waals surface area contributed by atoms with Gasteiger partial charge in [-0.05, 0) is 26.7 Å². The quantitative estimate of drug-likeness (QED) is 0.614. The fraction of sp³-hybridized carbons (Fsp3) is 0.800. The molecule has 1 rings (SSSR count). The number of allylic oxidation sites excluding steroid dienone is 1. The van der Waals surface area contributed by atoms with Crippen LogP contribution in [0.3, 0.4) is 0 Å². The van der Waals surface area contributed by atoms with Crippen LogP contribution in [0.4, 0.5) is 0 Å². The molecule has 0 saturated heterocycles. The molecule has 0 aromatic rings. The van der Waals surface area contributed by atoms with Gasteiger partial charge < -0.3 is 5.32 Å². The Bertz CT molecular complexity index is 132. The van der Waals surface area contributed by atoms with Gasteiger partial charge in [0.25, 0.3) is 0 Å². The summed E-state index contributed by atoms with van der Waals surface area (Å²) in [5.74, 6) is 0. The van der Waals surface area contributed by atoms with Crippen LogP contribution in [0.25, 0.3) is 0 Å². The van der Waals surface area contributed by atoms with Crippen molar-refractivity contribution in [3.05, 3.63) is 12.2 Å². The van der Waals surface area contributed by atoms with Crippen molar-refractivity contribution in [2.24, 2.45) is 0 Å². The Morgan fingerprint density at radius 2 is 2.00 bits per heavy atom. The van der Waals surface area contributed by atoms with E-state index in [2.05, 4.69) is 31.3 Å². The van der Waals surface area contributed by atoms with Gasteiger partial charge in [-0.25, -0.2) is 0 Å². The highest BCUT2D eigenvalue weighted by Crippen LogP contribution is 2.28. The third-order valence-electron chi connectivity index (χ3n) is 2.59. The molecule has 0 aromatic heterocycles. The Labute approximate surface area is 69.9 Å². The maximum atomic E-state index is 3.57. The van der Waals surface area contributed by atoms with E-state index in [1.807, 2.05) is 0 Å². The van der Waals surface area contributed by atoms with E-state index in [0.29, 0.717) is 5.54 Å². The van der Waals surface area contributed by atoms with Crippen molar-refractivity contribution in [2.75, 3.05) is 6.54 Å². The van der Waals surface area contributed by atoms with Gasteiger partial charge >= 0.3 is 0 Å². The normalized spacial score (nSPS) is 23.1. The van der Waals surface area contributed by atoms with E-state index in [9.17, 15) is 0 Å². The molecule has 1 heteroatoms. The minimum Gasteiger partial charge on any atom is -0.308 e. The van der Waals surface area contributed by atoms with Crippen molar-refractivity contribution in [2.45, 2.75) is 45.1 Å². The second kappa shape index (κ2) is 3.91. The van der Waals surface area contributed by atoms with Gasteiger partial charge in [0.15, 0.2) is 0 Å². The minimum atomic E-state index is 0.444. The fourth-order valence-electron chi connectivity index (χ4n) is 1.76. The van der Waals surface area contributed by atoms with E-state index in [0.717, 1.165) is 6.54 Å². The van der Waals surface area contributed by atoms with Crippen LogP contribution in [0.1, 0.15) is 39.5 Å². The van der Waals surface area contributed by atoms with E-state index in [-0.39, 0.29) is 0 Å². The van der Waals surface area contributed by atoms with Gasteiger partial charge in [-0.2, -0.15) is 0 Å². The summed E-state index contributed by atoms with van der Waals surface area (Å²) < 4.78 is 0. The second-order valence-corrected chi connectivity index (χ2v) is 3.72. The highest BCUT2D eigenvalue weighted by Gasteiger charge is 2.26. The maximum Gasteiger partial charge on any atom is 0.0156 e. The maximum absolute atomic E-state index is 3.57. The third-order valence-corrected chi connectivity index (χ3v) is 2.59. The van der Waals surface area contributed by atoms with Gasteiger partial charge in [0, 0.05) is 12.1 Å². The van der Waals surface area contributed by atoms with Crippen LogP contribution in [-0.2, 0) is 0 Å². The zero-order chi connectivity index (χ0) is 8.16. The van der Waals surface area contributed by atoms with Crippen LogP contribution in [-0.4, -0.2) is 12.1 Å². The molecule has 0 aromatic carbocycles. The van der Waals surface area contributed by atoms with Gasteiger partial charge in [0.2, 0.25) is 0 Å². The third kappa shape index (κ3) is 2.66. The molecule has 0 radical (unpaired) electrons. The summed E-state index contributed by atoms with van der Waals surface area (Å²) in [4.78, 5) is 0. The van der Waals surface area contributed by atoms with E-state index in [4.69, 9.17) is 0 Å². The molecule has 0 amide bonds. The second-order valence-electron chi connectivity index (χ2n) is 3.72. The number of rotatable bonds is 3. The van der Waals surface area contributed by atoms with Crippen molar-refractivity contribution in [3.63, 3.8) is 0 Å². The predicted octanol–water partition coefficient (Wildman–Crippen LogP) is 2.48. The molecule has 1 fully saturated rings. The molecule has 0 unspecified atom stereocenters. The molecule has 1 aliphatic rings. The van der Waals surface area contributed by atoms with Crippen LogP contribution in [0.2, 0.25) is 0 Å². The van der Waals surface area contributed by atoms with Crippen LogP contribution in [0.5, 0.6) is 0 Å². The van der Waals surface area contributed by atoms with Crippen LogP contribution >= 0.6 is 0 Å². The molecular formula is C10H19N. The van der Waals surface area contributed by atoms with E-state index in [1.165, 1.54) is 25.7 Å². The summed E-state index contributed by atoms with van der Waals surface area (Å²) in [6.07, 6.45) is 9.79. The molecule has 1 nitrogen and oxygen atoms in total. The van der Waals surface area contributed by atoms with Crippen molar-refractivity contribution in [1.82, 2.24) is 5.32 Å². The molecule has 1 N–H and O–H groups in total. The monoisotopic (exact) mass is 153 g/mol. The Kier molecular flexibility index (Phi) is 3.13. The first-order chi connectivity index (χ1) is 5.27. The van der Waals surface area contributed by atoms with Gasteiger partial charge in [0.1, 0.15) is 0 Å². The van der Waals surface area contributed by atoms with E-state index >= 15 is 0 Å². The summed E-state index contributed by atoms with van der Waals surface area (Å²) in [5.41, 5.74) is 0.444. The lowest BCUT2D eigenvalue weighted by atomic mass is 10.0. The van der Waals surface area contributed by atoms with Crippen LogP contribution in [0, 0.1) is 0 Å². The number of hydrogen-bond acceptors (Lipinski definition) is 1. The molecule has 11 heavy (non-hydrogen) atoms. The Balaban J connectivity index is 2.23. The molecule has 0 aliphatic heterocycles. The van der Waals surface area contributed by atoms with Crippen molar-refractivity contribution >= 4 is 0 Å². The Morgan fingerprint density at radius 3 is 2.55 bits per heavy atom. The first kappa shape index (κ1) is 8.79. The zero-order valence-corrected chi connectivity index (χ0v) is 7.69. The summed E-state index contributed by atoms with van der Waals surface area (Å²) in [7, 11) is 0. The summed E-state index contributed by atoms with van der Waals surface area (Å²) in [6.45, 7) is 5.44. The fourth-order valence-corrected chi connectivity index (χ4v) is 1.76. The largest absolute Gasteiger partial charge is 0.308 e. The molecule has 0 spiro atoms. The summed E-state index contributed by atoms with van der Waals surface area (Å²) >= 11 is 0. The number of hydrogen-bond donors (Lipinski definition) is 1. The van der Waals surface area contributed by atoms with Crippen molar-refractivity contribution in [1.29, 1.82) is 0 Å². The van der Waals surface area contributed by atoms with E-state index < -0.39 is 0 Å². The smallest absolute Gasteiger partial charge is 0.0156 e. The molecular weight excluding hydrogens is 134 g/mol. The summed E-state index contributed by atoms with van der Waals surface area (Å²) in [6, 6.07) is 0. The Morgan fingerprint density at radius 1 is 1.36 bits per heavy atom. The minimum absolute atomic E-state index is 0.444. The molecule has 0 atom stereocenters. The molecule has 0 bridgehead atoms. The lowest BCUT2D eigenvalue weighted by Crippen LogP contribution is -2.39. The van der Waals surface area contributed by atoms with Gasteiger partial charge in [-0.15, -0.1) is 0 Å². The van der Waals surface area contributed by atoms with Gasteiger partial charge in [0.05, 0.1) is 0 Å². The summed E-state index contributed by atoms with van der Waals surface area (Å²) in [5, 5.41) is 3.57. The van der Waals surface area contributed by atoms with E-state index in [1.54, 1.807) is 0 Å². The topological polar surface area (TPSA) is 12.0 Å². The highest BCUT2D eigenvalue weighted by atomic mass is 15.0. The SMILES string of the molecule is C/C=C/CNC1(C)CCCC1.